The molecule has 2 atom stereocenters. The van der Waals surface area contributed by atoms with Gasteiger partial charge in [-0.05, 0) is 32.2 Å². The Bertz CT molecular complexity index is 318. The van der Waals surface area contributed by atoms with Gasteiger partial charge in [0.15, 0.2) is 0 Å². The molecule has 0 aliphatic carbocycles. The van der Waals surface area contributed by atoms with Gasteiger partial charge in [0.2, 0.25) is 5.91 Å². The molecule has 2 N–H and O–H groups in total. The number of rotatable bonds is 5. The molecule has 1 rings (SSSR count). The molecular weight excluding hydrogens is 244 g/mol. The number of aliphatic carboxylic acids is 1. The van der Waals surface area contributed by atoms with Gasteiger partial charge in [0.05, 0.1) is 6.54 Å². The van der Waals surface area contributed by atoms with Gasteiger partial charge in [0.25, 0.3) is 0 Å². The lowest BCUT2D eigenvalue weighted by Gasteiger charge is -2.27. The molecule has 1 heterocycles. The lowest BCUT2D eigenvalue weighted by Crippen LogP contribution is -2.48. The van der Waals surface area contributed by atoms with Crippen LogP contribution in [0, 0.1) is 5.92 Å². The molecule has 1 aliphatic rings. The molecule has 0 saturated carbocycles. The van der Waals surface area contributed by atoms with Crippen molar-refractivity contribution in [3.63, 3.8) is 0 Å². The summed E-state index contributed by atoms with van der Waals surface area (Å²) in [6.45, 7) is 6.96. The fourth-order valence-corrected chi connectivity index (χ4v) is 2.29. The summed E-state index contributed by atoms with van der Waals surface area (Å²) in [6.07, 6.45) is 3.58. The van der Waals surface area contributed by atoms with Gasteiger partial charge in [-0.15, -0.1) is 0 Å². The topological polar surface area (TPSA) is 69.6 Å². The van der Waals surface area contributed by atoms with Gasteiger partial charge in [-0.25, -0.2) is 0 Å². The summed E-state index contributed by atoms with van der Waals surface area (Å²) in [5.74, 6) is -0.510. The van der Waals surface area contributed by atoms with E-state index in [1.54, 1.807) is 4.90 Å². The summed E-state index contributed by atoms with van der Waals surface area (Å²) in [6, 6.07) is -0.398. The Hall–Kier alpha value is -1.10. The van der Waals surface area contributed by atoms with Gasteiger partial charge in [-0.3, -0.25) is 14.5 Å². The quantitative estimate of drug-likeness (QED) is 0.794. The number of hydrogen-bond acceptors (Lipinski definition) is 3. The number of carboxylic acids is 1. The van der Waals surface area contributed by atoms with Crippen molar-refractivity contribution in [1.82, 2.24) is 10.2 Å². The predicted molar refractivity (Wildman–Crippen MR) is 73.9 cm³/mol. The molecule has 19 heavy (non-hydrogen) atoms. The predicted octanol–water partition coefficient (Wildman–Crippen LogP) is 1.48. The van der Waals surface area contributed by atoms with Crippen molar-refractivity contribution >= 4 is 11.9 Å². The van der Waals surface area contributed by atoms with Crippen LogP contribution in [0.2, 0.25) is 0 Å². The van der Waals surface area contributed by atoms with Crippen LogP contribution in [0.3, 0.4) is 0 Å². The maximum atomic E-state index is 12.0. The molecule has 1 fully saturated rings. The molecule has 0 aromatic carbocycles. The Labute approximate surface area is 115 Å². The second-order valence-corrected chi connectivity index (χ2v) is 5.77. The largest absolute Gasteiger partial charge is 0.480 e. The third-order valence-electron chi connectivity index (χ3n) is 3.88. The number of nitrogens with one attached hydrogen (secondary N) is 1. The Balaban J connectivity index is 2.56. The van der Waals surface area contributed by atoms with Crippen molar-refractivity contribution < 1.29 is 14.7 Å². The van der Waals surface area contributed by atoms with Gasteiger partial charge in [-0.2, -0.15) is 0 Å². The number of amides is 1. The highest BCUT2D eigenvalue weighted by Crippen LogP contribution is 2.16. The number of carbonyl (C=O) groups excluding carboxylic acids is 1. The van der Waals surface area contributed by atoms with E-state index in [2.05, 4.69) is 19.2 Å². The van der Waals surface area contributed by atoms with Crippen LogP contribution in [0.1, 0.15) is 46.5 Å². The van der Waals surface area contributed by atoms with Crippen LogP contribution in [0.4, 0.5) is 0 Å². The monoisotopic (exact) mass is 270 g/mol. The zero-order chi connectivity index (χ0) is 14.4. The van der Waals surface area contributed by atoms with Crippen LogP contribution in [0.5, 0.6) is 0 Å². The van der Waals surface area contributed by atoms with Gasteiger partial charge in [0, 0.05) is 6.04 Å². The molecule has 1 amide bonds. The molecule has 1 saturated heterocycles. The molecule has 0 aromatic heterocycles. The molecule has 0 spiro atoms. The standard InChI is InChI=1S/C14H26N2O3/c1-10(2)11(3)15-13(17)9-16-8-6-4-5-7-12(16)14(18)19/h10-12H,4-9H2,1-3H3,(H,15,17)(H,18,19). The van der Waals surface area contributed by atoms with E-state index < -0.39 is 12.0 Å². The normalized spacial score (nSPS) is 22.8. The average molecular weight is 270 g/mol. The smallest absolute Gasteiger partial charge is 0.320 e. The summed E-state index contributed by atoms with van der Waals surface area (Å²) in [7, 11) is 0. The van der Waals surface area contributed by atoms with Crippen molar-refractivity contribution in [2.75, 3.05) is 13.1 Å². The molecule has 1 aliphatic heterocycles. The lowest BCUT2D eigenvalue weighted by molar-refractivity contribution is -0.144. The van der Waals surface area contributed by atoms with Crippen molar-refractivity contribution in [3.8, 4) is 0 Å². The third-order valence-corrected chi connectivity index (χ3v) is 3.88. The minimum Gasteiger partial charge on any atom is -0.480 e. The van der Waals surface area contributed by atoms with E-state index in [1.165, 1.54) is 0 Å². The van der Waals surface area contributed by atoms with Crippen LogP contribution in [-0.2, 0) is 9.59 Å². The van der Waals surface area contributed by atoms with Crippen LogP contribution >= 0.6 is 0 Å². The van der Waals surface area contributed by atoms with E-state index in [9.17, 15) is 14.7 Å². The fraction of sp³-hybridized carbons (Fsp3) is 0.857. The Morgan fingerprint density at radius 3 is 2.53 bits per heavy atom. The summed E-state index contributed by atoms with van der Waals surface area (Å²) in [5.41, 5.74) is 0. The van der Waals surface area contributed by atoms with Gasteiger partial charge < -0.3 is 10.4 Å². The first-order chi connectivity index (χ1) is 8.91. The van der Waals surface area contributed by atoms with E-state index in [-0.39, 0.29) is 18.5 Å². The zero-order valence-corrected chi connectivity index (χ0v) is 12.2. The zero-order valence-electron chi connectivity index (χ0n) is 12.2. The number of carboxylic acid groups (broad SMARTS) is 1. The van der Waals surface area contributed by atoms with Crippen LogP contribution in [-0.4, -0.2) is 47.1 Å². The van der Waals surface area contributed by atoms with E-state index in [4.69, 9.17) is 0 Å². The SMILES string of the molecule is CC(C)C(C)NC(=O)CN1CCCCCC1C(=O)O. The van der Waals surface area contributed by atoms with E-state index in [1.807, 2.05) is 6.92 Å². The molecule has 110 valence electrons. The van der Waals surface area contributed by atoms with E-state index in [0.717, 1.165) is 19.3 Å². The van der Waals surface area contributed by atoms with Crippen molar-refractivity contribution in [1.29, 1.82) is 0 Å². The molecular formula is C14H26N2O3. The molecule has 2 unspecified atom stereocenters. The van der Waals surface area contributed by atoms with Gasteiger partial charge >= 0.3 is 5.97 Å². The first-order valence-electron chi connectivity index (χ1n) is 7.18. The second-order valence-electron chi connectivity index (χ2n) is 5.77. The van der Waals surface area contributed by atoms with E-state index in [0.29, 0.717) is 18.9 Å². The summed E-state index contributed by atoms with van der Waals surface area (Å²) < 4.78 is 0. The number of likely N-dealkylation sites (tertiary alicyclic amines) is 1. The molecule has 0 aromatic rings. The minimum absolute atomic E-state index is 0.0747. The van der Waals surface area contributed by atoms with Crippen LogP contribution in [0.25, 0.3) is 0 Å². The minimum atomic E-state index is -0.813. The highest BCUT2D eigenvalue weighted by molar-refractivity contribution is 5.80. The first kappa shape index (κ1) is 16.0. The number of carbonyl (C=O) groups is 2. The third kappa shape index (κ3) is 5.19. The summed E-state index contributed by atoms with van der Waals surface area (Å²) >= 11 is 0. The second kappa shape index (κ2) is 7.48. The van der Waals surface area contributed by atoms with Crippen molar-refractivity contribution in [2.24, 2.45) is 5.92 Å². The van der Waals surface area contributed by atoms with Crippen LogP contribution in [0.15, 0.2) is 0 Å². The Morgan fingerprint density at radius 2 is 1.95 bits per heavy atom. The van der Waals surface area contributed by atoms with E-state index >= 15 is 0 Å². The Kier molecular flexibility index (Phi) is 6.28. The molecule has 0 radical (unpaired) electrons. The van der Waals surface area contributed by atoms with Crippen molar-refractivity contribution in [3.05, 3.63) is 0 Å². The van der Waals surface area contributed by atoms with Gasteiger partial charge in [0.1, 0.15) is 6.04 Å². The average Bonchev–Trinajstić information content (AvgIpc) is 2.54. The lowest BCUT2D eigenvalue weighted by atomic mass is 10.1. The highest BCUT2D eigenvalue weighted by atomic mass is 16.4. The first-order valence-corrected chi connectivity index (χ1v) is 7.18. The number of hydrogen-bond donors (Lipinski definition) is 2. The molecule has 0 bridgehead atoms. The maximum absolute atomic E-state index is 12.0. The van der Waals surface area contributed by atoms with Crippen LogP contribution < -0.4 is 5.32 Å². The molecule has 5 nitrogen and oxygen atoms in total. The maximum Gasteiger partial charge on any atom is 0.320 e. The fourth-order valence-electron chi connectivity index (χ4n) is 2.29. The number of nitrogens with zero attached hydrogens (tertiary/aromatic N) is 1. The summed E-state index contributed by atoms with van der Waals surface area (Å²) in [5, 5.41) is 12.2. The van der Waals surface area contributed by atoms with Crippen molar-refractivity contribution in [2.45, 2.75) is 58.5 Å². The molecule has 5 heteroatoms. The van der Waals surface area contributed by atoms with Gasteiger partial charge in [-0.1, -0.05) is 26.7 Å². The summed E-state index contributed by atoms with van der Waals surface area (Å²) in [4.78, 5) is 25.0. The Morgan fingerprint density at radius 1 is 1.26 bits per heavy atom. The highest BCUT2D eigenvalue weighted by Gasteiger charge is 2.28.